The minimum absolute atomic E-state index is 0.0695. The summed E-state index contributed by atoms with van der Waals surface area (Å²) in [5.41, 5.74) is 2.56. The van der Waals surface area contributed by atoms with Gasteiger partial charge in [-0.2, -0.15) is 5.10 Å². The minimum atomic E-state index is -0.595. The van der Waals surface area contributed by atoms with E-state index >= 15 is 0 Å². The SMILES string of the molecule is CCCOc1ccc(NC(=O)[C@@H]2CC(=O)N/C(=N/N=C(/C)CCc3ccc4c(c3)OCO4)S2)cc1. The number of nitrogens with one attached hydrogen (secondary N) is 2. The minimum Gasteiger partial charge on any atom is -0.494 e. The normalized spacial score (nSPS) is 18.3. The highest BCUT2D eigenvalue weighted by Crippen LogP contribution is 2.32. The number of anilines is 1. The van der Waals surface area contributed by atoms with Crippen LogP contribution in [0.25, 0.3) is 0 Å². The van der Waals surface area contributed by atoms with Gasteiger partial charge in [0.2, 0.25) is 18.6 Å². The number of nitrogens with zero attached hydrogens (tertiary/aromatic N) is 2. The van der Waals surface area contributed by atoms with Gasteiger partial charge in [-0.05, 0) is 68.1 Å². The van der Waals surface area contributed by atoms with E-state index in [2.05, 4.69) is 20.8 Å². The van der Waals surface area contributed by atoms with Crippen molar-refractivity contribution in [1.29, 1.82) is 0 Å². The Bertz CT molecular complexity index is 1130. The van der Waals surface area contributed by atoms with E-state index in [-0.39, 0.29) is 25.0 Å². The molecule has 0 unspecified atom stereocenters. The van der Waals surface area contributed by atoms with Crippen molar-refractivity contribution in [2.75, 3.05) is 18.7 Å². The van der Waals surface area contributed by atoms with Gasteiger partial charge in [0.25, 0.3) is 0 Å². The molecule has 9 nitrogen and oxygen atoms in total. The molecule has 2 aromatic carbocycles. The molecule has 0 aliphatic carbocycles. The molecule has 0 aromatic heterocycles. The largest absolute Gasteiger partial charge is 0.494 e. The second-order valence-electron chi connectivity index (χ2n) is 8.15. The van der Waals surface area contributed by atoms with E-state index in [0.29, 0.717) is 23.9 Å². The van der Waals surface area contributed by atoms with E-state index in [1.54, 1.807) is 24.3 Å². The predicted octanol–water partition coefficient (Wildman–Crippen LogP) is 4.13. The first-order valence-corrected chi connectivity index (χ1v) is 12.4. The third-order valence-corrected chi connectivity index (χ3v) is 6.35. The van der Waals surface area contributed by atoms with E-state index in [1.165, 1.54) is 11.8 Å². The summed E-state index contributed by atoms with van der Waals surface area (Å²) in [5, 5.41) is 13.7. The van der Waals surface area contributed by atoms with Crippen molar-refractivity contribution in [2.45, 2.75) is 44.8 Å². The van der Waals surface area contributed by atoms with Crippen LogP contribution < -0.4 is 24.8 Å². The zero-order valence-corrected chi connectivity index (χ0v) is 20.5. The zero-order valence-electron chi connectivity index (χ0n) is 19.7. The molecule has 0 saturated carbocycles. The molecule has 0 spiro atoms. The number of amides is 2. The number of aryl methyl sites for hydroxylation is 1. The lowest BCUT2D eigenvalue weighted by atomic mass is 10.1. The molecular weight excluding hydrogens is 468 g/mol. The lowest BCUT2D eigenvalue weighted by molar-refractivity contribution is -0.123. The van der Waals surface area contributed by atoms with Crippen molar-refractivity contribution in [3.63, 3.8) is 0 Å². The zero-order chi connectivity index (χ0) is 24.6. The van der Waals surface area contributed by atoms with Crippen LogP contribution in [0.3, 0.4) is 0 Å². The van der Waals surface area contributed by atoms with Gasteiger partial charge >= 0.3 is 0 Å². The number of carbonyl (C=O) groups excluding carboxylic acids is 2. The number of amidine groups is 1. The van der Waals surface area contributed by atoms with Crippen molar-refractivity contribution in [1.82, 2.24) is 5.32 Å². The molecule has 2 aromatic rings. The molecule has 0 bridgehead atoms. The van der Waals surface area contributed by atoms with Crippen molar-refractivity contribution < 1.29 is 23.8 Å². The molecule has 2 N–H and O–H groups in total. The quantitative estimate of drug-likeness (QED) is 0.399. The first-order valence-electron chi connectivity index (χ1n) is 11.5. The van der Waals surface area contributed by atoms with Crippen molar-refractivity contribution in [2.24, 2.45) is 10.2 Å². The fourth-order valence-electron chi connectivity index (χ4n) is 3.42. The van der Waals surface area contributed by atoms with E-state index < -0.39 is 5.25 Å². The molecule has 2 heterocycles. The average Bonchev–Trinajstić information content (AvgIpc) is 3.33. The Morgan fingerprint density at radius 2 is 2.00 bits per heavy atom. The Labute approximate surface area is 208 Å². The van der Waals surface area contributed by atoms with Gasteiger partial charge in [0.15, 0.2) is 16.7 Å². The predicted molar refractivity (Wildman–Crippen MR) is 136 cm³/mol. The molecule has 1 saturated heterocycles. The maximum Gasteiger partial charge on any atom is 0.238 e. The second kappa shape index (κ2) is 11.7. The number of benzene rings is 2. The number of thioether (sulfide) groups is 1. The van der Waals surface area contributed by atoms with Crippen LogP contribution in [0.2, 0.25) is 0 Å². The Kier molecular flexibility index (Phi) is 8.25. The second-order valence-corrected chi connectivity index (χ2v) is 9.34. The van der Waals surface area contributed by atoms with Gasteiger partial charge in [0.05, 0.1) is 6.61 Å². The maximum atomic E-state index is 12.7. The number of hydrogen-bond acceptors (Lipinski definition) is 8. The van der Waals surface area contributed by atoms with Gasteiger partial charge in [-0.3, -0.25) is 9.59 Å². The first kappa shape index (κ1) is 24.6. The Balaban J connectivity index is 1.30. The molecule has 4 rings (SSSR count). The highest BCUT2D eigenvalue weighted by molar-refractivity contribution is 8.15. The van der Waals surface area contributed by atoms with Crippen molar-refractivity contribution >= 4 is 40.1 Å². The van der Waals surface area contributed by atoms with Gasteiger partial charge in [0, 0.05) is 17.8 Å². The molecule has 10 heteroatoms. The molecule has 1 fully saturated rings. The monoisotopic (exact) mass is 496 g/mol. The van der Waals surface area contributed by atoms with Gasteiger partial charge in [-0.25, -0.2) is 0 Å². The summed E-state index contributed by atoms with van der Waals surface area (Å²) in [4.78, 5) is 24.9. The summed E-state index contributed by atoms with van der Waals surface area (Å²) in [6, 6.07) is 13.0. The van der Waals surface area contributed by atoms with E-state index in [4.69, 9.17) is 14.2 Å². The molecule has 0 radical (unpaired) electrons. The number of ether oxygens (including phenoxy) is 3. The molecule has 2 aliphatic rings. The van der Waals surface area contributed by atoms with Crippen LogP contribution in [-0.2, 0) is 16.0 Å². The van der Waals surface area contributed by atoms with Gasteiger partial charge in [-0.1, -0.05) is 24.8 Å². The third kappa shape index (κ3) is 6.98. The van der Waals surface area contributed by atoms with Gasteiger partial charge in [0.1, 0.15) is 11.0 Å². The molecule has 2 amide bonds. The fourth-order valence-corrected chi connectivity index (χ4v) is 4.35. The number of carbonyl (C=O) groups is 2. The smallest absolute Gasteiger partial charge is 0.238 e. The lowest BCUT2D eigenvalue weighted by Crippen LogP contribution is -2.41. The fraction of sp³-hybridized carbons (Fsp3) is 0.360. The standard InChI is InChI=1S/C25H28N4O5S/c1-3-12-32-19-9-7-18(8-10-19)26-24(31)22-14-23(30)27-25(35-22)29-28-16(2)4-5-17-6-11-20-21(13-17)34-15-33-20/h6-11,13,22H,3-5,12,14-15H2,1-2H3,(H,26,31)(H,27,29,30)/b28-16-/t22-/m0/s1. The van der Waals surface area contributed by atoms with Crippen LogP contribution in [-0.4, -0.2) is 41.3 Å². The Morgan fingerprint density at radius 3 is 2.80 bits per heavy atom. The number of rotatable bonds is 9. The van der Waals surface area contributed by atoms with Gasteiger partial charge in [-0.15, -0.1) is 5.10 Å². The maximum absolute atomic E-state index is 12.7. The average molecular weight is 497 g/mol. The van der Waals surface area contributed by atoms with Gasteiger partial charge < -0.3 is 24.8 Å². The van der Waals surface area contributed by atoms with E-state index in [1.807, 2.05) is 32.0 Å². The van der Waals surface area contributed by atoms with Crippen LogP contribution in [0.4, 0.5) is 5.69 Å². The first-order chi connectivity index (χ1) is 17.0. The summed E-state index contributed by atoms with van der Waals surface area (Å²) in [6.07, 6.45) is 2.45. The van der Waals surface area contributed by atoms with Crippen LogP contribution in [0, 0.1) is 0 Å². The number of fused-ring (bicyclic) bond motifs is 1. The van der Waals surface area contributed by atoms with Crippen LogP contribution >= 0.6 is 11.8 Å². The Hall–Kier alpha value is -3.53. The lowest BCUT2D eigenvalue weighted by Gasteiger charge is -2.21. The molecule has 2 aliphatic heterocycles. The highest BCUT2D eigenvalue weighted by atomic mass is 32.2. The van der Waals surface area contributed by atoms with Crippen LogP contribution in [0.5, 0.6) is 17.2 Å². The molecule has 1 atom stereocenters. The third-order valence-electron chi connectivity index (χ3n) is 5.28. The van der Waals surface area contributed by atoms with Crippen molar-refractivity contribution in [3.05, 3.63) is 48.0 Å². The summed E-state index contributed by atoms with van der Waals surface area (Å²) < 4.78 is 16.3. The Morgan fingerprint density at radius 1 is 1.20 bits per heavy atom. The summed E-state index contributed by atoms with van der Waals surface area (Å²) in [5.74, 6) is 1.73. The highest BCUT2D eigenvalue weighted by Gasteiger charge is 2.30. The van der Waals surface area contributed by atoms with Crippen molar-refractivity contribution in [3.8, 4) is 17.2 Å². The molecule has 184 valence electrons. The summed E-state index contributed by atoms with van der Waals surface area (Å²) >= 11 is 1.19. The summed E-state index contributed by atoms with van der Waals surface area (Å²) in [6.45, 7) is 4.81. The van der Waals surface area contributed by atoms with E-state index in [0.717, 1.165) is 41.4 Å². The molecular formula is C25H28N4O5S. The number of hydrogen-bond donors (Lipinski definition) is 2. The van der Waals surface area contributed by atoms with Crippen LogP contribution in [0.15, 0.2) is 52.7 Å². The summed E-state index contributed by atoms with van der Waals surface area (Å²) in [7, 11) is 0. The van der Waals surface area contributed by atoms with E-state index in [9.17, 15) is 9.59 Å². The molecule has 35 heavy (non-hydrogen) atoms. The van der Waals surface area contributed by atoms with Crippen LogP contribution in [0.1, 0.15) is 38.7 Å². The topological polar surface area (TPSA) is 111 Å².